The summed E-state index contributed by atoms with van der Waals surface area (Å²) in [6.07, 6.45) is 1.99. The van der Waals surface area contributed by atoms with Crippen molar-refractivity contribution in [2.45, 2.75) is 6.92 Å². The third kappa shape index (κ3) is 3.84. The van der Waals surface area contributed by atoms with Gasteiger partial charge in [-0.15, -0.1) is 0 Å². The molecule has 0 saturated carbocycles. The average Bonchev–Trinajstić information content (AvgIpc) is 3.10. The van der Waals surface area contributed by atoms with Crippen molar-refractivity contribution >= 4 is 17.6 Å². The van der Waals surface area contributed by atoms with E-state index in [1.807, 2.05) is 0 Å². The van der Waals surface area contributed by atoms with Crippen molar-refractivity contribution in [1.29, 1.82) is 0 Å². The number of ether oxygens (including phenoxy) is 1. The number of carbonyl (C=O) groups is 2. The summed E-state index contributed by atoms with van der Waals surface area (Å²) in [6, 6.07) is 1.49. The SMILES string of the molecule is CCOC(=O)/C(=C\Nc1ccon1)C(=O)c1cc(F)c(F)c(F)c1F. The van der Waals surface area contributed by atoms with E-state index in [4.69, 9.17) is 0 Å². The van der Waals surface area contributed by atoms with Crippen LogP contribution in [0.1, 0.15) is 17.3 Å². The molecule has 0 aliphatic carbocycles. The number of Topliss-reactive ketones (excluding diaryl/α,β-unsaturated/α-hetero) is 1. The summed E-state index contributed by atoms with van der Waals surface area (Å²) in [5.41, 5.74) is -1.95. The van der Waals surface area contributed by atoms with E-state index >= 15 is 0 Å². The van der Waals surface area contributed by atoms with E-state index in [2.05, 4.69) is 19.7 Å². The standard InChI is InChI=1S/C15H10F4N2O4/c1-2-24-15(23)8(6-20-10-3-4-25-21-10)14(22)7-5-9(16)12(18)13(19)11(7)17/h3-6H,2H2,1H3,(H,20,21)/b8-6-. The van der Waals surface area contributed by atoms with Crippen LogP contribution in [0.5, 0.6) is 0 Å². The largest absolute Gasteiger partial charge is 0.462 e. The first-order chi connectivity index (χ1) is 11.9. The topological polar surface area (TPSA) is 81.4 Å². The summed E-state index contributed by atoms with van der Waals surface area (Å²) in [4.78, 5) is 24.2. The summed E-state index contributed by atoms with van der Waals surface area (Å²) in [7, 11) is 0. The van der Waals surface area contributed by atoms with Gasteiger partial charge in [-0.05, 0) is 13.0 Å². The van der Waals surface area contributed by atoms with Crippen molar-refractivity contribution in [3.05, 3.63) is 59.0 Å². The molecule has 0 radical (unpaired) electrons. The molecular weight excluding hydrogens is 348 g/mol. The fourth-order valence-electron chi connectivity index (χ4n) is 1.74. The zero-order valence-corrected chi connectivity index (χ0v) is 12.6. The smallest absolute Gasteiger partial charge is 0.343 e. The molecule has 2 rings (SSSR count). The number of nitrogens with zero attached hydrogens (tertiary/aromatic N) is 1. The van der Waals surface area contributed by atoms with E-state index in [1.54, 1.807) is 0 Å². The van der Waals surface area contributed by atoms with Crippen LogP contribution >= 0.6 is 0 Å². The fraction of sp³-hybridized carbons (Fsp3) is 0.133. The van der Waals surface area contributed by atoms with Crippen LogP contribution in [0.3, 0.4) is 0 Å². The highest BCUT2D eigenvalue weighted by molar-refractivity contribution is 6.24. The number of aromatic nitrogens is 1. The monoisotopic (exact) mass is 358 g/mol. The number of anilines is 1. The second-order valence-corrected chi connectivity index (χ2v) is 4.48. The zero-order valence-electron chi connectivity index (χ0n) is 12.6. The molecule has 1 heterocycles. The van der Waals surface area contributed by atoms with E-state index in [-0.39, 0.29) is 18.5 Å². The fourth-order valence-corrected chi connectivity index (χ4v) is 1.74. The van der Waals surface area contributed by atoms with Gasteiger partial charge < -0.3 is 14.6 Å². The van der Waals surface area contributed by atoms with E-state index in [9.17, 15) is 27.2 Å². The Balaban J connectivity index is 2.45. The summed E-state index contributed by atoms with van der Waals surface area (Å²) in [5, 5.41) is 5.85. The zero-order chi connectivity index (χ0) is 18.6. The number of ketones is 1. The normalized spacial score (nSPS) is 11.3. The van der Waals surface area contributed by atoms with Crippen LogP contribution in [0.2, 0.25) is 0 Å². The van der Waals surface area contributed by atoms with E-state index in [1.165, 1.54) is 19.3 Å². The van der Waals surface area contributed by atoms with Crippen molar-refractivity contribution in [3.8, 4) is 0 Å². The minimum absolute atomic E-state index is 0.0894. The van der Waals surface area contributed by atoms with Crippen molar-refractivity contribution in [2.75, 3.05) is 11.9 Å². The lowest BCUT2D eigenvalue weighted by molar-refractivity contribution is -0.138. The van der Waals surface area contributed by atoms with E-state index in [0.29, 0.717) is 0 Å². The van der Waals surface area contributed by atoms with E-state index < -0.39 is 46.2 Å². The van der Waals surface area contributed by atoms with Gasteiger partial charge in [-0.1, -0.05) is 5.16 Å². The summed E-state index contributed by atoms with van der Waals surface area (Å²) >= 11 is 0. The predicted octanol–water partition coefficient (Wildman–Crippen LogP) is 2.97. The van der Waals surface area contributed by atoms with Gasteiger partial charge in [-0.3, -0.25) is 4.79 Å². The minimum Gasteiger partial charge on any atom is -0.462 e. The molecule has 0 amide bonds. The van der Waals surface area contributed by atoms with Gasteiger partial charge in [0.05, 0.1) is 12.2 Å². The molecule has 2 aromatic rings. The average molecular weight is 358 g/mol. The molecule has 25 heavy (non-hydrogen) atoms. The lowest BCUT2D eigenvalue weighted by atomic mass is 10.0. The second-order valence-electron chi connectivity index (χ2n) is 4.48. The molecular formula is C15H10F4N2O4. The van der Waals surface area contributed by atoms with Crippen LogP contribution in [0.15, 0.2) is 34.7 Å². The lowest BCUT2D eigenvalue weighted by Crippen LogP contribution is -2.19. The van der Waals surface area contributed by atoms with Crippen molar-refractivity contribution in [3.63, 3.8) is 0 Å². The number of nitrogens with one attached hydrogen (secondary N) is 1. The molecule has 0 unspecified atom stereocenters. The van der Waals surface area contributed by atoms with E-state index in [0.717, 1.165) is 6.20 Å². The van der Waals surface area contributed by atoms with Crippen LogP contribution in [0.25, 0.3) is 0 Å². The summed E-state index contributed by atoms with van der Waals surface area (Å²) in [6.45, 7) is 1.32. The number of hydrogen-bond acceptors (Lipinski definition) is 6. The second kappa shape index (κ2) is 7.60. The van der Waals surface area contributed by atoms with Gasteiger partial charge in [0.25, 0.3) is 0 Å². The number of esters is 1. The Morgan fingerprint density at radius 1 is 1.24 bits per heavy atom. The Morgan fingerprint density at radius 3 is 2.56 bits per heavy atom. The highest BCUT2D eigenvalue weighted by Gasteiger charge is 2.28. The Labute approximate surface area is 138 Å². The maximum atomic E-state index is 13.8. The van der Waals surface area contributed by atoms with Crippen LogP contribution in [0.4, 0.5) is 23.4 Å². The number of halogens is 4. The van der Waals surface area contributed by atoms with Crippen LogP contribution in [-0.4, -0.2) is 23.5 Å². The molecule has 0 fully saturated rings. The first-order valence-corrected chi connectivity index (χ1v) is 6.78. The molecule has 0 aliphatic rings. The van der Waals surface area contributed by atoms with Gasteiger partial charge in [-0.25, -0.2) is 22.4 Å². The summed E-state index contributed by atoms with van der Waals surface area (Å²) < 4.78 is 62.6. The van der Waals surface area contributed by atoms with Gasteiger partial charge in [0.2, 0.25) is 5.78 Å². The van der Waals surface area contributed by atoms with Crippen LogP contribution in [0, 0.1) is 23.3 Å². The molecule has 0 saturated heterocycles. The lowest BCUT2D eigenvalue weighted by Gasteiger charge is -2.09. The van der Waals surface area contributed by atoms with Crippen molar-refractivity contribution in [1.82, 2.24) is 5.16 Å². The summed E-state index contributed by atoms with van der Waals surface area (Å²) in [5.74, 6) is -10.5. The van der Waals surface area contributed by atoms with Crippen molar-refractivity contribution in [2.24, 2.45) is 0 Å². The Morgan fingerprint density at radius 2 is 1.96 bits per heavy atom. The highest BCUT2D eigenvalue weighted by atomic mass is 19.2. The first-order valence-electron chi connectivity index (χ1n) is 6.78. The number of benzene rings is 1. The molecule has 0 spiro atoms. The van der Waals surface area contributed by atoms with Gasteiger partial charge >= 0.3 is 5.97 Å². The van der Waals surface area contributed by atoms with Crippen molar-refractivity contribution < 1.29 is 36.4 Å². The Hall–Kier alpha value is -3.17. The highest BCUT2D eigenvalue weighted by Crippen LogP contribution is 2.22. The van der Waals surface area contributed by atoms with Gasteiger partial charge in [0.15, 0.2) is 29.1 Å². The molecule has 0 aliphatic heterocycles. The molecule has 1 aromatic carbocycles. The maximum Gasteiger partial charge on any atom is 0.343 e. The third-order valence-corrected chi connectivity index (χ3v) is 2.89. The predicted molar refractivity (Wildman–Crippen MR) is 75.4 cm³/mol. The quantitative estimate of drug-likeness (QED) is 0.125. The third-order valence-electron chi connectivity index (χ3n) is 2.89. The molecule has 10 heteroatoms. The molecule has 6 nitrogen and oxygen atoms in total. The molecule has 1 aromatic heterocycles. The molecule has 0 atom stereocenters. The number of rotatable bonds is 6. The molecule has 1 N–H and O–H groups in total. The Kier molecular flexibility index (Phi) is 5.52. The maximum absolute atomic E-state index is 13.8. The number of hydrogen-bond donors (Lipinski definition) is 1. The van der Waals surface area contributed by atoms with Crippen LogP contribution in [-0.2, 0) is 9.53 Å². The molecule has 0 bridgehead atoms. The van der Waals surface area contributed by atoms with Crippen LogP contribution < -0.4 is 5.32 Å². The Bertz CT molecular complexity index is 835. The number of carbonyl (C=O) groups excluding carboxylic acids is 2. The first kappa shape index (κ1) is 18.2. The van der Waals surface area contributed by atoms with Gasteiger partial charge in [0, 0.05) is 12.3 Å². The van der Waals surface area contributed by atoms with Gasteiger partial charge in [-0.2, -0.15) is 0 Å². The minimum atomic E-state index is -2.17. The van der Waals surface area contributed by atoms with Gasteiger partial charge in [0.1, 0.15) is 11.8 Å². The molecule has 132 valence electrons.